The van der Waals surface area contributed by atoms with Crippen LogP contribution in [0.25, 0.3) is 0 Å². The second kappa shape index (κ2) is 79.9. The van der Waals surface area contributed by atoms with Gasteiger partial charge in [-0.25, -0.2) is 4.57 Å². The van der Waals surface area contributed by atoms with Gasteiger partial charge in [0.1, 0.15) is 6.61 Å². The normalized spacial score (nSPS) is 13.3. The summed E-state index contributed by atoms with van der Waals surface area (Å²) in [5, 5.41) is 0. The molecule has 0 fully saturated rings. The van der Waals surface area contributed by atoms with Crippen LogP contribution in [0.15, 0.2) is 97.2 Å². The van der Waals surface area contributed by atoms with Gasteiger partial charge in [0.15, 0.2) is 6.10 Å². The smallest absolute Gasteiger partial charge is 0.462 e. The van der Waals surface area contributed by atoms with Crippen molar-refractivity contribution >= 4 is 19.8 Å². The number of carbonyl (C=O) groups excluding carboxylic acids is 2. The molecule has 0 spiro atoms. The fourth-order valence-corrected chi connectivity index (χ4v) is 12.7. The van der Waals surface area contributed by atoms with Crippen LogP contribution in [0.3, 0.4) is 0 Å². The van der Waals surface area contributed by atoms with Gasteiger partial charge in [0, 0.05) is 19.4 Å². The third-order valence-corrected chi connectivity index (χ3v) is 18.9. The highest BCUT2D eigenvalue weighted by molar-refractivity contribution is 7.47. The predicted molar refractivity (Wildman–Crippen MR) is 413 cm³/mol. The van der Waals surface area contributed by atoms with Gasteiger partial charge in [0.2, 0.25) is 0 Å². The van der Waals surface area contributed by atoms with Crippen LogP contribution in [-0.2, 0) is 32.7 Å². The van der Waals surface area contributed by atoms with Gasteiger partial charge in [-0.3, -0.25) is 18.6 Å². The molecular weight excluding hydrogens is 1190 g/mol. The minimum atomic E-state index is -4.40. The fourth-order valence-electron chi connectivity index (χ4n) is 12.0. The van der Waals surface area contributed by atoms with Crippen LogP contribution in [0.1, 0.15) is 399 Å². The van der Waals surface area contributed by atoms with Gasteiger partial charge in [-0.05, 0) is 96.3 Å². The monoisotopic (exact) mass is 1350 g/mol. The maximum absolute atomic E-state index is 12.8. The van der Waals surface area contributed by atoms with Crippen LogP contribution in [-0.4, -0.2) is 49.3 Å². The zero-order chi connectivity index (χ0) is 68.6. The first-order chi connectivity index (χ1) is 46.8. The number of carbonyl (C=O) groups is 2. The standard InChI is InChI=1S/C85H154NO8P/c1-3-5-7-9-11-13-15-17-19-21-23-25-27-29-31-33-35-37-38-39-40-41-42-43-44-46-47-49-51-53-55-57-59-61-63-65-67-69-71-73-75-77-84(87)91-81-83(82-93-95(89,90)92-80-79-86)94-85(88)78-76-74-72-70-68-66-64-62-60-58-56-54-52-50-48-45-36-34-32-30-28-26-24-22-20-18-16-14-12-10-8-6-4-2/h6,8,12,14-15,17-18,20-21,23-24,26,30,32,36,45,83H,3-5,7,9-11,13,16,19,22,25,27-29,31,33-35,37-44,46-82,86H2,1-2H3,(H,89,90)/b8-6-,14-12-,17-15-,20-18-,23-21-,26-24-,32-30-,45-36-. The summed E-state index contributed by atoms with van der Waals surface area (Å²) in [4.78, 5) is 35.5. The molecule has 0 saturated carbocycles. The van der Waals surface area contributed by atoms with E-state index in [0.29, 0.717) is 6.42 Å². The Morgan fingerprint density at radius 2 is 0.579 bits per heavy atom. The van der Waals surface area contributed by atoms with E-state index in [1.54, 1.807) is 0 Å². The number of rotatable bonds is 77. The van der Waals surface area contributed by atoms with Gasteiger partial charge in [0.05, 0.1) is 13.2 Å². The molecule has 3 N–H and O–H groups in total. The largest absolute Gasteiger partial charge is 0.472 e. The molecule has 0 aliphatic heterocycles. The fraction of sp³-hybridized carbons (Fsp3) is 0.788. The predicted octanol–water partition coefficient (Wildman–Crippen LogP) is 27.4. The summed E-state index contributed by atoms with van der Waals surface area (Å²) in [6.07, 6.45) is 110. The molecule has 0 aromatic carbocycles. The van der Waals surface area contributed by atoms with Crippen molar-refractivity contribution in [3.8, 4) is 0 Å². The van der Waals surface area contributed by atoms with Crippen LogP contribution in [0.5, 0.6) is 0 Å². The van der Waals surface area contributed by atoms with Gasteiger partial charge < -0.3 is 20.1 Å². The molecule has 0 radical (unpaired) electrons. The Kier molecular flexibility index (Phi) is 77.3. The third-order valence-electron chi connectivity index (χ3n) is 18.0. The summed E-state index contributed by atoms with van der Waals surface area (Å²) in [5.41, 5.74) is 5.42. The minimum absolute atomic E-state index is 0.0524. The third kappa shape index (κ3) is 79.8. The highest BCUT2D eigenvalue weighted by Gasteiger charge is 2.26. The summed E-state index contributed by atoms with van der Waals surface area (Å²) in [6, 6.07) is 0. The molecule has 0 aromatic heterocycles. The molecule has 552 valence electrons. The van der Waals surface area contributed by atoms with Crippen LogP contribution in [0, 0.1) is 0 Å². The highest BCUT2D eigenvalue weighted by atomic mass is 31.2. The number of ether oxygens (including phenoxy) is 2. The Balaban J connectivity index is 3.76. The molecule has 0 aromatic rings. The molecule has 0 bridgehead atoms. The van der Waals surface area contributed by atoms with Gasteiger partial charge in [0.25, 0.3) is 0 Å². The van der Waals surface area contributed by atoms with E-state index in [9.17, 15) is 19.0 Å². The lowest BCUT2D eigenvalue weighted by atomic mass is 10.0. The number of phosphoric acid groups is 1. The number of nitrogens with two attached hydrogens (primary N) is 1. The van der Waals surface area contributed by atoms with E-state index < -0.39 is 26.5 Å². The SMILES string of the molecule is CC/C=C\C/C=C\C/C=C\C/C=C\C/C=C\C/C=C\CCCCCCCCCCCCCCCCC(=O)OC(COC(=O)CCCCCCCCCCCCCCCCCCCCCCCCCCCCCCC/C=C\C/C=C\CCCCCCC)COP(=O)(O)OCCN. The van der Waals surface area contributed by atoms with Crippen LogP contribution < -0.4 is 5.73 Å². The molecule has 9 nitrogen and oxygen atoms in total. The first-order valence-electron chi connectivity index (χ1n) is 40.7. The number of hydrogen-bond donors (Lipinski definition) is 2. The maximum Gasteiger partial charge on any atom is 0.472 e. The van der Waals surface area contributed by atoms with E-state index >= 15 is 0 Å². The van der Waals surface area contributed by atoms with E-state index in [2.05, 4.69) is 111 Å². The first kappa shape index (κ1) is 91.9. The van der Waals surface area contributed by atoms with Gasteiger partial charge in [-0.15, -0.1) is 0 Å². The number of phosphoric ester groups is 1. The van der Waals surface area contributed by atoms with Crippen molar-refractivity contribution in [2.75, 3.05) is 26.4 Å². The Labute approximate surface area is 588 Å². The van der Waals surface area contributed by atoms with E-state index in [1.165, 1.54) is 283 Å². The molecule has 0 saturated heterocycles. The summed E-state index contributed by atoms with van der Waals surface area (Å²) >= 11 is 0. The van der Waals surface area contributed by atoms with Gasteiger partial charge in [-0.2, -0.15) is 0 Å². The average Bonchev–Trinajstić information content (AvgIpc) is 3.25. The van der Waals surface area contributed by atoms with Crippen molar-refractivity contribution in [1.82, 2.24) is 0 Å². The highest BCUT2D eigenvalue weighted by Crippen LogP contribution is 2.43. The Bertz CT molecular complexity index is 1890. The van der Waals surface area contributed by atoms with Crippen molar-refractivity contribution in [1.29, 1.82) is 0 Å². The Hall–Kier alpha value is -3.07. The summed E-state index contributed by atoms with van der Waals surface area (Å²) in [7, 11) is -4.40. The molecule has 2 atom stereocenters. The zero-order valence-corrected chi connectivity index (χ0v) is 63.3. The topological polar surface area (TPSA) is 134 Å². The molecular formula is C85H154NO8P. The average molecular weight is 1350 g/mol. The molecule has 10 heteroatoms. The van der Waals surface area contributed by atoms with Crippen molar-refractivity contribution in [2.45, 2.75) is 405 Å². The second-order valence-corrected chi connectivity index (χ2v) is 28.7. The van der Waals surface area contributed by atoms with Crippen LogP contribution >= 0.6 is 7.82 Å². The summed E-state index contributed by atoms with van der Waals surface area (Å²) < 4.78 is 33.3. The van der Waals surface area contributed by atoms with E-state index in [1.807, 2.05) is 0 Å². The lowest BCUT2D eigenvalue weighted by Crippen LogP contribution is -2.29. The zero-order valence-electron chi connectivity index (χ0n) is 62.4. The molecule has 0 aliphatic rings. The lowest BCUT2D eigenvalue weighted by Gasteiger charge is -2.19. The molecule has 95 heavy (non-hydrogen) atoms. The minimum Gasteiger partial charge on any atom is -0.462 e. The Morgan fingerprint density at radius 3 is 0.863 bits per heavy atom. The molecule has 2 unspecified atom stereocenters. The second-order valence-electron chi connectivity index (χ2n) is 27.3. The Morgan fingerprint density at radius 1 is 0.326 bits per heavy atom. The van der Waals surface area contributed by atoms with Gasteiger partial charge >= 0.3 is 19.8 Å². The first-order valence-corrected chi connectivity index (χ1v) is 42.2. The van der Waals surface area contributed by atoms with Gasteiger partial charge in [-0.1, -0.05) is 387 Å². The molecule has 0 amide bonds. The van der Waals surface area contributed by atoms with Crippen molar-refractivity contribution < 1.29 is 37.6 Å². The van der Waals surface area contributed by atoms with E-state index in [-0.39, 0.29) is 38.6 Å². The van der Waals surface area contributed by atoms with Crippen LogP contribution in [0.2, 0.25) is 0 Å². The van der Waals surface area contributed by atoms with E-state index in [0.717, 1.165) is 83.5 Å². The maximum atomic E-state index is 12.8. The van der Waals surface area contributed by atoms with E-state index in [4.69, 9.17) is 24.3 Å². The van der Waals surface area contributed by atoms with Crippen molar-refractivity contribution in [3.05, 3.63) is 97.2 Å². The number of allylic oxidation sites excluding steroid dienone is 16. The number of esters is 2. The molecule has 0 aliphatic carbocycles. The van der Waals surface area contributed by atoms with Crippen molar-refractivity contribution in [2.24, 2.45) is 5.73 Å². The summed E-state index contributed by atoms with van der Waals surface area (Å²) in [5.74, 6) is -0.812. The lowest BCUT2D eigenvalue weighted by molar-refractivity contribution is -0.161. The van der Waals surface area contributed by atoms with Crippen LogP contribution in [0.4, 0.5) is 0 Å². The molecule has 0 rings (SSSR count). The quantitative estimate of drug-likeness (QED) is 0.0264. The number of unbranched alkanes of at least 4 members (excludes halogenated alkanes) is 48. The molecule has 0 heterocycles. The van der Waals surface area contributed by atoms with Crippen molar-refractivity contribution in [3.63, 3.8) is 0 Å². The number of hydrogen-bond acceptors (Lipinski definition) is 8. The summed E-state index contributed by atoms with van der Waals surface area (Å²) in [6.45, 7) is 3.67.